The predicted molar refractivity (Wildman–Crippen MR) is 84.9 cm³/mol. The summed E-state index contributed by atoms with van der Waals surface area (Å²) in [5, 5.41) is 10.7. The fourth-order valence-electron chi connectivity index (χ4n) is 3.66. The number of nitrogens with zero attached hydrogens (tertiary/aromatic N) is 2. The van der Waals surface area contributed by atoms with Crippen LogP contribution < -0.4 is 0 Å². The normalized spacial score (nSPS) is 34.2. The van der Waals surface area contributed by atoms with E-state index in [9.17, 15) is 5.11 Å². The molecule has 1 aromatic rings. The summed E-state index contributed by atoms with van der Waals surface area (Å²) < 4.78 is 6.66. The molecule has 3 heterocycles. The number of likely N-dealkylation sites (tertiary alicyclic amines) is 1. The third kappa shape index (κ3) is 3.47. The lowest BCUT2D eigenvalue weighted by molar-refractivity contribution is -0.123. The molecule has 5 heteroatoms. The van der Waals surface area contributed by atoms with Gasteiger partial charge >= 0.3 is 0 Å². The van der Waals surface area contributed by atoms with Gasteiger partial charge < -0.3 is 9.84 Å². The zero-order valence-corrected chi connectivity index (χ0v) is 14.1. The zero-order chi connectivity index (χ0) is 14.9. The Hall–Kier alpha value is -0.490. The minimum absolute atomic E-state index is 0.203. The number of rotatable bonds is 3. The van der Waals surface area contributed by atoms with E-state index < -0.39 is 5.60 Å². The minimum Gasteiger partial charge on any atom is -0.390 e. The molecule has 0 radical (unpaired) electrons. The first-order valence-corrected chi connectivity index (χ1v) is 8.49. The van der Waals surface area contributed by atoms with Gasteiger partial charge in [0.1, 0.15) is 0 Å². The molecule has 116 valence electrons. The van der Waals surface area contributed by atoms with Gasteiger partial charge in [-0.3, -0.25) is 9.88 Å². The van der Waals surface area contributed by atoms with Crippen molar-refractivity contribution in [1.82, 2.24) is 9.88 Å². The van der Waals surface area contributed by atoms with Crippen molar-refractivity contribution in [3.8, 4) is 0 Å². The molecule has 4 nitrogen and oxygen atoms in total. The van der Waals surface area contributed by atoms with Crippen molar-refractivity contribution < 1.29 is 9.84 Å². The van der Waals surface area contributed by atoms with Crippen LogP contribution in [0.2, 0.25) is 0 Å². The summed E-state index contributed by atoms with van der Waals surface area (Å²) >= 11 is 3.48. The molecule has 2 saturated heterocycles. The highest BCUT2D eigenvalue weighted by Gasteiger charge is 2.43. The van der Waals surface area contributed by atoms with Crippen molar-refractivity contribution in [2.45, 2.75) is 44.4 Å². The lowest BCUT2D eigenvalue weighted by Crippen LogP contribution is -2.52. The highest BCUT2D eigenvalue weighted by molar-refractivity contribution is 9.10. The Morgan fingerprint density at radius 3 is 3.14 bits per heavy atom. The monoisotopic (exact) mass is 354 g/mol. The number of hydrogen-bond donors (Lipinski definition) is 1. The van der Waals surface area contributed by atoms with Gasteiger partial charge in [0.25, 0.3) is 0 Å². The van der Waals surface area contributed by atoms with E-state index in [4.69, 9.17) is 4.74 Å². The first kappa shape index (κ1) is 15.4. The first-order chi connectivity index (χ1) is 10.1. The Balaban J connectivity index is 1.73. The quantitative estimate of drug-likeness (QED) is 0.905. The molecule has 1 N–H and O–H groups in total. The van der Waals surface area contributed by atoms with Crippen molar-refractivity contribution >= 4 is 15.9 Å². The van der Waals surface area contributed by atoms with E-state index in [0.29, 0.717) is 19.3 Å². The second-order valence-electron chi connectivity index (χ2n) is 6.48. The van der Waals surface area contributed by atoms with E-state index in [1.54, 1.807) is 0 Å². The van der Waals surface area contributed by atoms with Gasteiger partial charge in [0.05, 0.1) is 12.2 Å². The van der Waals surface area contributed by atoms with Gasteiger partial charge in [-0.2, -0.15) is 0 Å². The second kappa shape index (κ2) is 6.32. The smallest absolute Gasteiger partial charge is 0.0706 e. The molecular formula is C16H23BrN2O2. The third-order valence-electron chi connectivity index (χ3n) is 4.87. The van der Waals surface area contributed by atoms with Crippen molar-refractivity contribution in [3.63, 3.8) is 0 Å². The standard InChI is InChI=1S/C16H23BrN2O2/c1-16(20)4-6-21-11-14(16)15-3-2-5-19(15)10-12-7-13(17)9-18-8-12/h7-9,14-15,20H,2-6,10-11H2,1H3/t14-,15+,16-/m0/s1. The van der Waals surface area contributed by atoms with Gasteiger partial charge in [0.2, 0.25) is 0 Å². The van der Waals surface area contributed by atoms with Gasteiger partial charge in [-0.05, 0) is 60.3 Å². The molecule has 0 aliphatic carbocycles. The minimum atomic E-state index is -0.610. The largest absolute Gasteiger partial charge is 0.390 e. The average molecular weight is 355 g/mol. The molecule has 0 bridgehead atoms. The molecule has 0 spiro atoms. The molecule has 2 fully saturated rings. The topological polar surface area (TPSA) is 45.6 Å². The van der Waals surface area contributed by atoms with Crippen LogP contribution in [0.25, 0.3) is 0 Å². The number of pyridine rings is 1. The second-order valence-corrected chi connectivity index (χ2v) is 7.40. The molecule has 2 aliphatic rings. The summed E-state index contributed by atoms with van der Waals surface area (Å²) in [6.45, 7) is 5.29. The van der Waals surface area contributed by atoms with Crippen molar-refractivity contribution in [1.29, 1.82) is 0 Å². The summed E-state index contributed by atoms with van der Waals surface area (Å²) in [6.07, 6.45) is 6.81. The lowest BCUT2D eigenvalue weighted by atomic mass is 9.79. The highest BCUT2D eigenvalue weighted by atomic mass is 79.9. The summed E-state index contributed by atoms with van der Waals surface area (Å²) in [5.74, 6) is 0.203. The maximum absolute atomic E-state index is 10.7. The molecule has 21 heavy (non-hydrogen) atoms. The van der Waals surface area contributed by atoms with Crippen LogP contribution in [0, 0.1) is 5.92 Å². The summed E-state index contributed by atoms with van der Waals surface area (Å²) in [4.78, 5) is 6.73. The van der Waals surface area contributed by atoms with Gasteiger partial charge in [-0.1, -0.05) is 0 Å². The SMILES string of the molecule is C[C@]1(O)CCOC[C@H]1[C@H]1CCCN1Cc1cncc(Br)c1. The summed E-state index contributed by atoms with van der Waals surface area (Å²) in [7, 11) is 0. The molecule has 1 aromatic heterocycles. The summed E-state index contributed by atoms with van der Waals surface area (Å²) in [6, 6.07) is 2.53. The van der Waals surface area contributed by atoms with Crippen molar-refractivity contribution in [2.75, 3.05) is 19.8 Å². The number of halogens is 1. The van der Waals surface area contributed by atoms with Crippen LogP contribution >= 0.6 is 15.9 Å². The highest BCUT2D eigenvalue weighted by Crippen LogP contribution is 2.36. The Morgan fingerprint density at radius 2 is 2.38 bits per heavy atom. The van der Waals surface area contributed by atoms with Crippen LogP contribution in [0.4, 0.5) is 0 Å². The van der Waals surface area contributed by atoms with E-state index >= 15 is 0 Å². The molecule has 3 rings (SSSR count). The number of ether oxygens (including phenoxy) is 1. The molecule has 3 atom stereocenters. The molecule has 0 aromatic carbocycles. The van der Waals surface area contributed by atoms with E-state index in [1.807, 2.05) is 19.3 Å². The van der Waals surface area contributed by atoms with Crippen LogP contribution in [0.1, 0.15) is 31.7 Å². The predicted octanol–water partition coefficient (Wildman–Crippen LogP) is 2.60. The van der Waals surface area contributed by atoms with Gasteiger partial charge in [-0.15, -0.1) is 0 Å². The van der Waals surface area contributed by atoms with Gasteiger partial charge in [0, 0.05) is 42.0 Å². The van der Waals surface area contributed by atoms with E-state index in [1.165, 1.54) is 12.0 Å². The zero-order valence-electron chi connectivity index (χ0n) is 12.5. The van der Waals surface area contributed by atoms with Crippen LogP contribution in [0.5, 0.6) is 0 Å². The fourth-order valence-corrected chi connectivity index (χ4v) is 4.07. The Morgan fingerprint density at radius 1 is 1.52 bits per heavy atom. The molecule has 0 amide bonds. The van der Waals surface area contributed by atoms with Gasteiger partial charge in [-0.25, -0.2) is 0 Å². The van der Waals surface area contributed by atoms with E-state index in [0.717, 1.165) is 30.4 Å². The van der Waals surface area contributed by atoms with Crippen LogP contribution in [-0.2, 0) is 11.3 Å². The molecule has 0 unspecified atom stereocenters. The Kier molecular flexibility index (Phi) is 4.64. The summed E-state index contributed by atoms with van der Waals surface area (Å²) in [5.41, 5.74) is 0.605. The van der Waals surface area contributed by atoms with Crippen molar-refractivity contribution in [2.24, 2.45) is 5.92 Å². The van der Waals surface area contributed by atoms with Crippen molar-refractivity contribution in [3.05, 3.63) is 28.5 Å². The van der Waals surface area contributed by atoms with E-state index in [-0.39, 0.29) is 5.92 Å². The fraction of sp³-hybridized carbons (Fsp3) is 0.688. The van der Waals surface area contributed by atoms with Crippen LogP contribution in [-0.4, -0.2) is 46.4 Å². The number of aliphatic hydroxyl groups is 1. The molecule has 2 aliphatic heterocycles. The number of aromatic nitrogens is 1. The molecular weight excluding hydrogens is 332 g/mol. The molecule has 0 saturated carbocycles. The van der Waals surface area contributed by atoms with Crippen LogP contribution in [0.15, 0.2) is 22.9 Å². The number of hydrogen-bond acceptors (Lipinski definition) is 4. The average Bonchev–Trinajstić information content (AvgIpc) is 2.86. The van der Waals surface area contributed by atoms with Crippen LogP contribution in [0.3, 0.4) is 0 Å². The third-order valence-corrected chi connectivity index (χ3v) is 5.31. The Bertz CT molecular complexity index is 495. The maximum atomic E-state index is 10.7. The van der Waals surface area contributed by atoms with Gasteiger partial charge in [0.15, 0.2) is 0 Å². The maximum Gasteiger partial charge on any atom is 0.0706 e. The first-order valence-electron chi connectivity index (χ1n) is 7.70. The van der Waals surface area contributed by atoms with E-state index in [2.05, 4.69) is 31.9 Å². The Labute approximate surface area is 134 Å². The lowest BCUT2D eigenvalue weighted by Gasteiger charge is -2.43.